The van der Waals surface area contributed by atoms with E-state index in [4.69, 9.17) is 14.4 Å². The molecule has 0 fully saturated rings. The Morgan fingerprint density at radius 2 is 1.41 bits per heavy atom. The predicted molar refractivity (Wildman–Crippen MR) is 85.8 cm³/mol. The summed E-state index contributed by atoms with van der Waals surface area (Å²) < 4.78 is 27.5. The van der Waals surface area contributed by atoms with Crippen molar-refractivity contribution in [2.24, 2.45) is 0 Å². The van der Waals surface area contributed by atoms with Crippen molar-refractivity contribution in [1.29, 1.82) is 0 Å². The molecule has 1 atom stereocenters. The largest absolute Gasteiger partial charge is 1.00 e. The first-order chi connectivity index (χ1) is 10.0. The van der Waals surface area contributed by atoms with Crippen LogP contribution in [0.2, 0.25) is 0 Å². The fraction of sp³-hybridized carbons (Fsp3) is 1.00. The van der Waals surface area contributed by atoms with Gasteiger partial charge in [-0.2, -0.15) is 8.42 Å². The van der Waals surface area contributed by atoms with Crippen molar-refractivity contribution in [2.45, 2.75) is 77.2 Å². The zero-order valence-electron chi connectivity index (χ0n) is 15.3. The van der Waals surface area contributed by atoms with Crippen molar-refractivity contribution in [3.05, 3.63) is 0 Å². The first-order valence-corrected chi connectivity index (χ1v) is 9.75. The van der Waals surface area contributed by atoms with Gasteiger partial charge in [0.25, 0.3) is 10.1 Å². The Hall–Kier alpha value is 0.830. The quantitative estimate of drug-likeness (QED) is 0.242. The number of aliphatic hydroxyl groups excluding tert-OH is 2. The summed E-state index contributed by atoms with van der Waals surface area (Å²) in [7, 11) is -3.71. The first kappa shape index (κ1) is 25.1. The van der Waals surface area contributed by atoms with Crippen molar-refractivity contribution in [3.63, 3.8) is 0 Å². The van der Waals surface area contributed by atoms with Gasteiger partial charge in [-0.15, -0.1) is 0 Å². The van der Waals surface area contributed by atoms with Crippen LogP contribution in [0.4, 0.5) is 0 Å². The molecular weight excluding hydrogens is 315 g/mol. The molecule has 5 nitrogen and oxygen atoms in total. The van der Waals surface area contributed by atoms with Crippen LogP contribution in [0.1, 0.15) is 72.6 Å². The second-order valence-corrected chi connectivity index (χ2v) is 7.25. The van der Waals surface area contributed by atoms with Crippen molar-refractivity contribution in [3.8, 4) is 0 Å². The Morgan fingerprint density at radius 3 is 1.86 bits per heavy atom. The Kier molecular flexibility index (Phi) is 19.0. The predicted octanol–water partition coefficient (Wildman–Crippen LogP) is -0.277. The number of aliphatic hydroxyl groups is 2. The molecule has 0 aromatic rings. The maximum Gasteiger partial charge on any atom is 1.00 e. The summed E-state index contributed by atoms with van der Waals surface area (Å²) >= 11 is 0. The molecular formula is C15H33NaO5S. The van der Waals surface area contributed by atoms with E-state index >= 15 is 0 Å². The standard InChI is InChI=1S/C15H32O5S.Na.H/c1-2-3-4-5-6-7-8-9-10-11-12-20-21(18,19)14-15(17)13-16;;/h15-17H,2-14H2,1H3;;/q;+1;-1. The summed E-state index contributed by atoms with van der Waals surface area (Å²) in [5, 5.41) is 17.6. The molecule has 0 aromatic carbocycles. The molecule has 0 saturated carbocycles. The monoisotopic (exact) mass is 348 g/mol. The normalized spacial score (nSPS) is 12.9. The SMILES string of the molecule is CCCCCCCCCCCCOS(=O)(=O)CC(O)CO.[H-].[Na+]. The summed E-state index contributed by atoms with van der Waals surface area (Å²) in [6, 6.07) is 0. The third-order valence-corrected chi connectivity index (χ3v) is 4.69. The molecule has 2 N–H and O–H groups in total. The molecule has 0 radical (unpaired) electrons. The minimum atomic E-state index is -3.71. The van der Waals surface area contributed by atoms with Gasteiger partial charge in [0, 0.05) is 0 Å². The molecule has 0 amide bonds. The summed E-state index contributed by atoms with van der Waals surface area (Å²) in [6.07, 6.45) is 10.5. The van der Waals surface area contributed by atoms with Crippen LogP contribution in [-0.4, -0.2) is 43.7 Å². The minimum Gasteiger partial charge on any atom is -1.00 e. The van der Waals surface area contributed by atoms with Crippen molar-refractivity contribution in [2.75, 3.05) is 19.0 Å². The smallest absolute Gasteiger partial charge is 1.00 e. The first-order valence-electron chi connectivity index (χ1n) is 8.18. The van der Waals surface area contributed by atoms with E-state index in [1.54, 1.807) is 0 Å². The van der Waals surface area contributed by atoms with E-state index in [0.717, 1.165) is 12.8 Å². The zero-order chi connectivity index (χ0) is 16.0. The van der Waals surface area contributed by atoms with E-state index in [0.29, 0.717) is 6.42 Å². The number of hydrogen-bond acceptors (Lipinski definition) is 5. The van der Waals surface area contributed by atoms with Crippen LogP contribution in [0.5, 0.6) is 0 Å². The van der Waals surface area contributed by atoms with Crippen LogP contribution >= 0.6 is 0 Å². The molecule has 0 aliphatic heterocycles. The summed E-state index contributed by atoms with van der Waals surface area (Å²) in [4.78, 5) is 0. The molecule has 22 heavy (non-hydrogen) atoms. The fourth-order valence-corrected chi connectivity index (χ4v) is 3.16. The third kappa shape index (κ3) is 17.2. The van der Waals surface area contributed by atoms with Gasteiger partial charge in [0.05, 0.1) is 19.3 Å². The van der Waals surface area contributed by atoms with Gasteiger partial charge in [-0.25, -0.2) is 0 Å². The van der Waals surface area contributed by atoms with Crippen LogP contribution in [0.3, 0.4) is 0 Å². The number of hydrogen-bond donors (Lipinski definition) is 2. The van der Waals surface area contributed by atoms with Gasteiger partial charge in [-0.1, -0.05) is 64.7 Å². The second kappa shape index (κ2) is 16.7. The molecule has 0 saturated heterocycles. The molecule has 0 aliphatic rings. The van der Waals surface area contributed by atoms with Crippen molar-refractivity contribution >= 4 is 10.1 Å². The van der Waals surface area contributed by atoms with Gasteiger partial charge in [0.1, 0.15) is 5.75 Å². The van der Waals surface area contributed by atoms with E-state index in [2.05, 4.69) is 6.92 Å². The Bertz CT molecular complexity index is 328. The van der Waals surface area contributed by atoms with E-state index in [9.17, 15) is 8.42 Å². The van der Waals surface area contributed by atoms with Gasteiger partial charge in [-0.05, 0) is 6.42 Å². The molecule has 0 bridgehead atoms. The molecule has 0 aliphatic carbocycles. The van der Waals surface area contributed by atoms with Gasteiger partial charge in [0.15, 0.2) is 0 Å². The number of unbranched alkanes of at least 4 members (excludes halogenated alkanes) is 9. The molecule has 0 heterocycles. The third-order valence-electron chi connectivity index (χ3n) is 3.37. The van der Waals surface area contributed by atoms with E-state index < -0.39 is 28.6 Å². The number of rotatable bonds is 15. The van der Waals surface area contributed by atoms with Crippen LogP contribution in [-0.2, 0) is 14.3 Å². The van der Waals surface area contributed by atoms with Gasteiger partial charge in [0.2, 0.25) is 0 Å². The van der Waals surface area contributed by atoms with E-state index in [-0.39, 0.29) is 37.6 Å². The molecule has 7 heteroatoms. The average Bonchev–Trinajstić information content (AvgIpc) is 2.44. The van der Waals surface area contributed by atoms with Crippen molar-refractivity contribution in [1.82, 2.24) is 0 Å². The van der Waals surface area contributed by atoms with Gasteiger partial charge < -0.3 is 11.6 Å². The average molecular weight is 348 g/mol. The molecule has 1 unspecified atom stereocenters. The van der Waals surface area contributed by atoms with Gasteiger partial charge in [-0.3, -0.25) is 4.18 Å². The van der Waals surface area contributed by atoms with Crippen molar-refractivity contribution < 1.29 is 53.8 Å². The maximum absolute atomic E-state index is 11.4. The molecule has 0 rings (SSSR count). The summed E-state index contributed by atoms with van der Waals surface area (Å²) in [5.74, 6) is -0.540. The zero-order valence-corrected chi connectivity index (χ0v) is 17.1. The topological polar surface area (TPSA) is 83.8 Å². The Labute approximate surface area is 159 Å². The van der Waals surface area contributed by atoms with Gasteiger partial charge >= 0.3 is 29.6 Å². The summed E-state index contributed by atoms with van der Waals surface area (Å²) in [5.41, 5.74) is 0. The second-order valence-electron chi connectivity index (χ2n) is 5.56. The van der Waals surface area contributed by atoms with Crippen LogP contribution in [0, 0.1) is 0 Å². The Morgan fingerprint density at radius 1 is 0.955 bits per heavy atom. The van der Waals surface area contributed by atoms with Crippen LogP contribution in [0.15, 0.2) is 0 Å². The van der Waals surface area contributed by atoms with E-state index in [1.807, 2.05) is 0 Å². The molecule has 0 aromatic heterocycles. The van der Waals surface area contributed by atoms with Crippen LogP contribution < -0.4 is 29.6 Å². The van der Waals surface area contributed by atoms with E-state index in [1.165, 1.54) is 44.9 Å². The molecule has 130 valence electrons. The Balaban J connectivity index is -0.00000200. The summed E-state index contributed by atoms with van der Waals surface area (Å²) in [6.45, 7) is 1.81. The fourth-order valence-electron chi connectivity index (χ4n) is 2.11. The maximum atomic E-state index is 11.4. The minimum absolute atomic E-state index is 0. The van der Waals surface area contributed by atoms with Crippen LogP contribution in [0.25, 0.3) is 0 Å². The molecule has 0 spiro atoms.